The number of aliphatic carboxylic acids is 1. The summed E-state index contributed by atoms with van der Waals surface area (Å²) in [5.41, 5.74) is -1.09. The maximum atomic E-state index is 12.1. The lowest BCUT2D eigenvalue weighted by atomic mass is 9.92. The first-order valence-corrected chi connectivity index (χ1v) is 9.19. The van der Waals surface area contributed by atoms with Crippen molar-refractivity contribution < 1.29 is 19.2 Å². The molecule has 1 saturated heterocycles. The Kier molecular flexibility index (Phi) is 4.89. The number of nitrogens with one attached hydrogen (secondary N) is 1. The van der Waals surface area contributed by atoms with Gasteiger partial charge in [0.05, 0.1) is 0 Å². The number of rotatable bonds is 7. The van der Waals surface area contributed by atoms with Gasteiger partial charge in [-0.15, -0.1) is 0 Å². The van der Waals surface area contributed by atoms with Gasteiger partial charge in [0.15, 0.2) is 5.82 Å². The second-order valence-electron chi connectivity index (χ2n) is 6.22. The molecule has 0 spiro atoms. The second-order valence-corrected chi connectivity index (χ2v) is 7.45. The van der Waals surface area contributed by atoms with Crippen LogP contribution < -0.4 is 5.32 Å². The molecule has 3 rings (SSSR count). The highest BCUT2D eigenvalue weighted by atomic mass is 32.2. The van der Waals surface area contributed by atoms with Gasteiger partial charge in [-0.05, 0) is 43.6 Å². The lowest BCUT2D eigenvalue weighted by Crippen LogP contribution is -2.56. The minimum Gasteiger partial charge on any atom is -0.480 e. The number of hydrogen-bond acceptors (Lipinski definition) is 6. The van der Waals surface area contributed by atoms with Gasteiger partial charge in [-0.2, -0.15) is 16.7 Å². The molecule has 7 nitrogen and oxygen atoms in total. The monoisotopic (exact) mass is 339 g/mol. The number of aromatic nitrogens is 2. The molecule has 0 aromatic carbocycles. The minimum atomic E-state index is -1.09. The van der Waals surface area contributed by atoms with E-state index < -0.39 is 11.5 Å². The van der Waals surface area contributed by atoms with Crippen LogP contribution in [0, 0.1) is 0 Å². The van der Waals surface area contributed by atoms with Gasteiger partial charge in [-0.1, -0.05) is 5.16 Å². The average Bonchev–Trinajstić information content (AvgIpc) is 3.28. The van der Waals surface area contributed by atoms with Gasteiger partial charge in [-0.3, -0.25) is 4.79 Å². The van der Waals surface area contributed by atoms with E-state index in [0.29, 0.717) is 37.5 Å². The van der Waals surface area contributed by atoms with Crippen LogP contribution in [0.1, 0.15) is 56.2 Å². The minimum absolute atomic E-state index is 0.221. The fourth-order valence-electron chi connectivity index (χ4n) is 2.72. The van der Waals surface area contributed by atoms with Crippen LogP contribution in [0.15, 0.2) is 4.52 Å². The molecule has 0 unspecified atom stereocenters. The maximum absolute atomic E-state index is 12.1. The Morgan fingerprint density at radius 3 is 2.74 bits per heavy atom. The molecule has 1 aliphatic carbocycles. The second kappa shape index (κ2) is 6.90. The summed E-state index contributed by atoms with van der Waals surface area (Å²) < 4.78 is 5.17. The standard InChI is InChI=1S/C15H21N3O4S/c19-11(17-15(14(20)21)6-8-23-9-7-15)2-1-3-12-16-13(18-22-12)10-4-5-10/h10H,1-9H2,(H,17,19)(H,20,21). The maximum Gasteiger partial charge on any atom is 0.329 e. The van der Waals surface area contributed by atoms with Crippen molar-refractivity contribution in [3.8, 4) is 0 Å². The molecule has 1 aromatic rings. The third kappa shape index (κ3) is 4.04. The van der Waals surface area contributed by atoms with Crippen LogP contribution in [0.5, 0.6) is 0 Å². The van der Waals surface area contributed by atoms with Crippen molar-refractivity contribution in [2.45, 2.75) is 56.4 Å². The van der Waals surface area contributed by atoms with Crippen LogP contribution in [0.4, 0.5) is 0 Å². The summed E-state index contributed by atoms with van der Waals surface area (Å²) in [6.45, 7) is 0. The highest BCUT2D eigenvalue weighted by molar-refractivity contribution is 7.99. The molecule has 0 atom stereocenters. The van der Waals surface area contributed by atoms with E-state index in [1.54, 1.807) is 11.8 Å². The van der Waals surface area contributed by atoms with E-state index >= 15 is 0 Å². The Hall–Kier alpha value is -1.57. The molecular weight excluding hydrogens is 318 g/mol. The van der Waals surface area contributed by atoms with E-state index in [1.165, 1.54) is 0 Å². The molecule has 1 saturated carbocycles. The van der Waals surface area contributed by atoms with Crippen molar-refractivity contribution >= 4 is 23.6 Å². The van der Waals surface area contributed by atoms with E-state index in [9.17, 15) is 14.7 Å². The molecule has 2 aliphatic rings. The lowest BCUT2D eigenvalue weighted by Gasteiger charge is -2.33. The number of carbonyl (C=O) groups is 2. The van der Waals surface area contributed by atoms with Gasteiger partial charge in [-0.25, -0.2) is 4.79 Å². The van der Waals surface area contributed by atoms with Crippen molar-refractivity contribution in [1.82, 2.24) is 15.5 Å². The highest BCUT2D eigenvalue weighted by Gasteiger charge is 2.41. The molecule has 2 heterocycles. The molecule has 126 valence electrons. The summed E-state index contributed by atoms with van der Waals surface area (Å²) in [5.74, 6) is 2.15. The first-order valence-electron chi connectivity index (χ1n) is 8.04. The summed E-state index contributed by atoms with van der Waals surface area (Å²) in [6, 6.07) is 0. The van der Waals surface area contributed by atoms with E-state index in [2.05, 4.69) is 15.5 Å². The summed E-state index contributed by atoms with van der Waals surface area (Å²) in [7, 11) is 0. The van der Waals surface area contributed by atoms with E-state index in [-0.39, 0.29) is 12.3 Å². The Bertz CT molecular complexity index is 579. The van der Waals surface area contributed by atoms with Gasteiger partial charge >= 0.3 is 5.97 Å². The molecule has 1 amide bonds. The summed E-state index contributed by atoms with van der Waals surface area (Å²) >= 11 is 1.72. The number of hydrogen-bond donors (Lipinski definition) is 2. The Labute approximate surface area is 138 Å². The zero-order valence-corrected chi connectivity index (χ0v) is 13.7. The van der Waals surface area contributed by atoms with Crippen LogP contribution in [0.3, 0.4) is 0 Å². The van der Waals surface area contributed by atoms with E-state index in [1.807, 2.05) is 0 Å². The van der Waals surface area contributed by atoms with Crippen LogP contribution in [0.25, 0.3) is 0 Å². The predicted octanol–water partition coefficient (Wildman–Crippen LogP) is 1.74. The van der Waals surface area contributed by atoms with Crippen molar-refractivity contribution in [3.63, 3.8) is 0 Å². The molecule has 1 aromatic heterocycles. The van der Waals surface area contributed by atoms with Crippen molar-refractivity contribution in [2.75, 3.05) is 11.5 Å². The van der Waals surface area contributed by atoms with Crippen LogP contribution in [-0.2, 0) is 16.0 Å². The molecule has 1 aliphatic heterocycles. The quantitative estimate of drug-likeness (QED) is 0.779. The normalized spacial score (nSPS) is 20.2. The SMILES string of the molecule is O=C(CCCc1nc(C2CC2)no1)NC1(C(=O)O)CCSCC1. The predicted molar refractivity (Wildman–Crippen MR) is 84.3 cm³/mol. The fourth-order valence-corrected chi connectivity index (χ4v) is 3.91. The van der Waals surface area contributed by atoms with Crippen LogP contribution in [0.2, 0.25) is 0 Å². The lowest BCUT2D eigenvalue weighted by molar-refractivity contribution is -0.148. The topological polar surface area (TPSA) is 105 Å². The zero-order valence-electron chi connectivity index (χ0n) is 12.9. The van der Waals surface area contributed by atoms with Crippen molar-refractivity contribution in [3.05, 3.63) is 11.7 Å². The molecule has 0 bridgehead atoms. The van der Waals surface area contributed by atoms with Gasteiger partial charge in [0.25, 0.3) is 0 Å². The first-order chi connectivity index (χ1) is 11.1. The third-order valence-corrected chi connectivity index (χ3v) is 5.34. The summed E-state index contributed by atoms with van der Waals surface area (Å²) in [4.78, 5) is 27.9. The van der Waals surface area contributed by atoms with Crippen molar-refractivity contribution in [1.29, 1.82) is 0 Å². The number of nitrogens with zero attached hydrogens (tertiary/aromatic N) is 2. The van der Waals surface area contributed by atoms with Gasteiger partial charge in [0.1, 0.15) is 5.54 Å². The van der Waals surface area contributed by atoms with Crippen LogP contribution in [-0.4, -0.2) is 44.2 Å². The molecule has 0 radical (unpaired) electrons. The third-order valence-electron chi connectivity index (χ3n) is 4.36. The molecule has 2 fully saturated rings. The number of carboxylic acids is 1. The number of amides is 1. The molecule has 2 N–H and O–H groups in total. The summed E-state index contributed by atoms with van der Waals surface area (Å²) in [5, 5.41) is 16.1. The zero-order chi connectivity index (χ0) is 16.3. The number of carboxylic acid groups (broad SMARTS) is 1. The first kappa shape index (κ1) is 16.3. The van der Waals surface area contributed by atoms with Gasteiger partial charge in [0.2, 0.25) is 11.8 Å². The smallest absolute Gasteiger partial charge is 0.329 e. The fraction of sp³-hybridized carbons (Fsp3) is 0.733. The van der Waals surface area contributed by atoms with Crippen LogP contribution >= 0.6 is 11.8 Å². The van der Waals surface area contributed by atoms with Crippen molar-refractivity contribution in [2.24, 2.45) is 0 Å². The molecule has 8 heteroatoms. The van der Waals surface area contributed by atoms with Gasteiger partial charge < -0.3 is 14.9 Å². The Morgan fingerprint density at radius 1 is 1.35 bits per heavy atom. The average molecular weight is 339 g/mol. The highest BCUT2D eigenvalue weighted by Crippen LogP contribution is 2.38. The number of aryl methyl sites for hydroxylation is 1. The Balaban J connectivity index is 1.45. The van der Waals surface area contributed by atoms with E-state index in [0.717, 1.165) is 30.2 Å². The number of thioether (sulfide) groups is 1. The van der Waals surface area contributed by atoms with E-state index in [4.69, 9.17) is 4.52 Å². The molecular formula is C15H21N3O4S. The summed E-state index contributed by atoms with van der Waals surface area (Å²) in [6.07, 6.45) is 4.59. The number of carbonyl (C=O) groups excluding carboxylic acids is 1. The Morgan fingerprint density at radius 2 is 2.09 bits per heavy atom. The largest absolute Gasteiger partial charge is 0.480 e. The van der Waals surface area contributed by atoms with Gasteiger partial charge in [0, 0.05) is 18.8 Å². The molecule has 23 heavy (non-hydrogen) atoms.